The lowest BCUT2D eigenvalue weighted by molar-refractivity contribution is -0.0125. The molecule has 0 aliphatic carbocycles. The number of nitrogens with one attached hydrogen (secondary N) is 1. The zero-order chi connectivity index (χ0) is 13.9. The van der Waals surface area contributed by atoms with E-state index in [9.17, 15) is 8.42 Å². The van der Waals surface area contributed by atoms with E-state index >= 15 is 0 Å². The van der Waals surface area contributed by atoms with E-state index in [-0.39, 0.29) is 5.41 Å². The molecule has 2 aliphatic rings. The Kier molecular flexibility index (Phi) is 4.90. The minimum Gasteiger partial charge on any atom is -0.381 e. The first-order valence-electron chi connectivity index (χ1n) is 7.42. The topological polar surface area (TPSA) is 55.4 Å². The van der Waals surface area contributed by atoms with Crippen molar-refractivity contribution in [1.29, 1.82) is 0 Å². The molecule has 2 aliphatic heterocycles. The summed E-state index contributed by atoms with van der Waals surface area (Å²) < 4.78 is 29.0. The van der Waals surface area contributed by atoms with Gasteiger partial charge in [-0.1, -0.05) is 13.8 Å². The number of hydrogen-bond acceptors (Lipinski definition) is 4. The molecule has 0 spiro atoms. The molecule has 0 aromatic carbocycles. The first-order valence-corrected chi connectivity index (χ1v) is 9.25. The Labute approximate surface area is 117 Å². The maximum absolute atomic E-state index is 11.8. The van der Waals surface area contributed by atoms with E-state index in [0.29, 0.717) is 23.3 Å². The normalized spacial score (nSPS) is 29.7. The van der Waals surface area contributed by atoms with E-state index in [0.717, 1.165) is 45.6 Å². The predicted octanol–water partition coefficient (Wildman–Crippen LogP) is 1.46. The van der Waals surface area contributed by atoms with E-state index in [1.165, 1.54) is 0 Å². The second-order valence-electron chi connectivity index (χ2n) is 6.60. The molecule has 0 bridgehead atoms. The third kappa shape index (κ3) is 3.92. The molecule has 2 fully saturated rings. The lowest BCUT2D eigenvalue weighted by Gasteiger charge is -2.42. The highest BCUT2D eigenvalue weighted by Crippen LogP contribution is 2.43. The van der Waals surface area contributed by atoms with E-state index in [4.69, 9.17) is 4.74 Å². The minimum absolute atomic E-state index is 0.136. The molecule has 1 N–H and O–H groups in total. The van der Waals surface area contributed by atoms with Gasteiger partial charge in [-0.2, -0.15) is 0 Å². The molecule has 2 rings (SSSR count). The van der Waals surface area contributed by atoms with Gasteiger partial charge in [0.1, 0.15) is 0 Å². The van der Waals surface area contributed by atoms with Crippen LogP contribution in [0.15, 0.2) is 0 Å². The molecule has 1 atom stereocenters. The van der Waals surface area contributed by atoms with Crippen molar-refractivity contribution in [2.75, 3.05) is 37.8 Å². The van der Waals surface area contributed by atoms with Crippen LogP contribution in [-0.4, -0.2) is 46.2 Å². The Morgan fingerprint density at radius 3 is 2.53 bits per heavy atom. The van der Waals surface area contributed by atoms with Crippen molar-refractivity contribution in [2.24, 2.45) is 17.3 Å². The summed E-state index contributed by atoms with van der Waals surface area (Å²) in [6, 6.07) is 0. The average molecular weight is 289 g/mol. The van der Waals surface area contributed by atoms with E-state index in [1.54, 1.807) is 0 Å². The van der Waals surface area contributed by atoms with Gasteiger partial charge in [-0.05, 0) is 43.1 Å². The molecular formula is C14H27NO3S. The van der Waals surface area contributed by atoms with Crippen LogP contribution in [0.3, 0.4) is 0 Å². The lowest BCUT2D eigenvalue weighted by atomic mass is 9.69. The summed E-state index contributed by atoms with van der Waals surface area (Å²) in [5.41, 5.74) is 0.136. The van der Waals surface area contributed by atoms with Gasteiger partial charge in [0.05, 0.1) is 11.5 Å². The van der Waals surface area contributed by atoms with Crippen molar-refractivity contribution in [3.05, 3.63) is 0 Å². The van der Waals surface area contributed by atoms with Crippen molar-refractivity contribution in [3.8, 4) is 0 Å². The van der Waals surface area contributed by atoms with Crippen LogP contribution in [0.5, 0.6) is 0 Å². The third-order valence-electron chi connectivity index (χ3n) is 4.62. The molecule has 1 unspecified atom stereocenters. The van der Waals surface area contributed by atoms with Crippen LogP contribution in [0.1, 0.15) is 33.1 Å². The Bertz CT molecular complexity index is 385. The van der Waals surface area contributed by atoms with Crippen LogP contribution in [0.2, 0.25) is 0 Å². The van der Waals surface area contributed by atoms with Crippen LogP contribution in [0, 0.1) is 17.3 Å². The molecule has 2 saturated heterocycles. The summed E-state index contributed by atoms with van der Waals surface area (Å²) >= 11 is 0. The lowest BCUT2D eigenvalue weighted by Crippen LogP contribution is -2.45. The molecule has 0 saturated carbocycles. The van der Waals surface area contributed by atoms with E-state index in [1.807, 2.05) is 0 Å². The van der Waals surface area contributed by atoms with Gasteiger partial charge in [-0.15, -0.1) is 0 Å². The summed E-state index contributed by atoms with van der Waals surface area (Å²) in [7, 11) is -2.79. The first kappa shape index (κ1) is 15.3. The van der Waals surface area contributed by atoms with Crippen LogP contribution in [0.25, 0.3) is 0 Å². The largest absolute Gasteiger partial charge is 0.381 e. The quantitative estimate of drug-likeness (QED) is 0.832. The summed E-state index contributed by atoms with van der Waals surface area (Å²) in [5, 5.41) is 3.55. The molecular weight excluding hydrogens is 262 g/mol. The summed E-state index contributed by atoms with van der Waals surface area (Å²) in [6.07, 6.45) is 2.84. The van der Waals surface area contributed by atoms with Gasteiger partial charge in [0.15, 0.2) is 9.84 Å². The van der Waals surface area contributed by atoms with Crippen LogP contribution >= 0.6 is 0 Å². The van der Waals surface area contributed by atoms with Crippen LogP contribution in [-0.2, 0) is 14.6 Å². The molecule has 2 heterocycles. The highest BCUT2D eigenvalue weighted by molar-refractivity contribution is 7.91. The Balaban J connectivity index is 2.02. The maximum atomic E-state index is 11.8. The summed E-state index contributed by atoms with van der Waals surface area (Å²) in [5.74, 6) is 1.71. The van der Waals surface area contributed by atoms with Gasteiger partial charge in [-0.3, -0.25) is 0 Å². The smallest absolute Gasteiger partial charge is 0.150 e. The minimum atomic E-state index is -2.79. The summed E-state index contributed by atoms with van der Waals surface area (Å²) in [6.45, 7) is 7.89. The maximum Gasteiger partial charge on any atom is 0.150 e. The standard InChI is InChI=1S/C14H27NO3S/c1-12(2)9-15-11-14(4-6-18-7-5-14)13-3-8-19(16,17)10-13/h12-13,15H,3-11H2,1-2H3. The van der Waals surface area contributed by atoms with Gasteiger partial charge >= 0.3 is 0 Å². The molecule has 4 nitrogen and oxygen atoms in total. The van der Waals surface area contributed by atoms with Crippen LogP contribution in [0.4, 0.5) is 0 Å². The SMILES string of the molecule is CC(C)CNCC1(C2CCS(=O)(=O)C2)CCOCC1. The number of rotatable bonds is 5. The molecule has 0 amide bonds. The molecule has 0 aromatic heterocycles. The third-order valence-corrected chi connectivity index (χ3v) is 6.38. The predicted molar refractivity (Wildman–Crippen MR) is 77.0 cm³/mol. The van der Waals surface area contributed by atoms with Crippen molar-refractivity contribution in [3.63, 3.8) is 0 Å². The number of hydrogen-bond donors (Lipinski definition) is 1. The van der Waals surface area contributed by atoms with E-state index < -0.39 is 9.84 Å². The highest BCUT2D eigenvalue weighted by atomic mass is 32.2. The molecule has 112 valence electrons. The summed E-state index contributed by atoms with van der Waals surface area (Å²) in [4.78, 5) is 0. The van der Waals surface area contributed by atoms with E-state index in [2.05, 4.69) is 19.2 Å². The molecule has 19 heavy (non-hydrogen) atoms. The fourth-order valence-electron chi connectivity index (χ4n) is 3.40. The van der Waals surface area contributed by atoms with Gasteiger partial charge in [0, 0.05) is 19.8 Å². The second kappa shape index (κ2) is 6.10. The average Bonchev–Trinajstić information content (AvgIpc) is 2.71. The molecule has 0 radical (unpaired) electrons. The van der Waals surface area contributed by atoms with Crippen molar-refractivity contribution >= 4 is 9.84 Å². The fourth-order valence-corrected chi connectivity index (χ4v) is 5.34. The van der Waals surface area contributed by atoms with Crippen LogP contribution < -0.4 is 5.32 Å². The Morgan fingerprint density at radius 1 is 1.32 bits per heavy atom. The van der Waals surface area contributed by atoms with Gasteiger partial charge < -0.3 is 10.1 Å². The highest BCUT2D eigenvalue weighted by Gasteiger charge is 2.45. The van der Waals surface area contributed by atoms with Crippen molar-refractivity contribution in [2.45, 2.75) is 33.1 Å². The Morgan fingerprint density at radius 2 is 2.00 bits per heavy atom. The molecule has 5 heteroatoms. The number of sulfone groups is 1. The molecule has 0 aromatic rings. The zero-order valence-electron chi connectivity index (χ0n) is 12.2. The fraction of sp³-hybridized carbons (Fsp3) is 1.00. The van der Waals surface area contributed by atoms with Gasteiger partial charge in [0.25, 0.3) is 0 Å². The van der Waals surface area contributed by atoms with Crippen molar-refractivity contribution < 1.29 is 13.2 Å². The monoisotopic (exact) mass is 289 g/mol. The van der Waals surface area contributed by atoms with Crippen molar-refractivity contribution in [1.82, 2.24) is 5.32 Å². The first-order chi connectivity index (χ1) is 8.94. The second-order valence-corrected chi connectivity index (χ2v) is 8.83. The number of ether oxygens (including phenoxy) is 1. The zero-order valence-corrected chi connectivity index (χ0v) is 13.0. The van der Waals surface area contributed by atoms with Gasteiger partial charge in [0.2, 0.25) is 0 Å². The Hall–Kier alpha value is -0.130. The van der Waals surface area contributed by atoms with Gasteiger partial charge in [-0.25, -0.2) is 8.42 Å².